The van der Waals surface area contributed by atoms with Crippen LogP contribution in [-0.4, -0.2) is 22.5 Å². The smallest absolute Gasteiger partial charge is 0.329 e. The molecular formula is C9H10N4O2. The molecule has 1 aromatic heterocycles. The Morgan fingerprint density at radius 1 is 1.40 bits per heavy atom. The van der Waals surface area contributed by atoms with Crippen molar-refractivity contribution >= 4 is 17.5 Å². The Labute approximate surface area is 86.2 Å². The molecule has 0 bridgehead atoms. The lowest BCUT2D eigenvalue weighted by atomic mass is 10.2. The lowest BCUT2D eigenvalue weighted by molar-refractivity contribution is -0.137. The third-order valence-corrected chi connectivity index (χ3v) is 1.65. The van der Waals surface area contributed by atoms with E-state index in [4.69, 9.17) is 5.73 Å². The highest BCUT2D eigenvalue weighted by Gasteiger charge is 2.06. The summed E-state index contributed by atoms with van der Waals surface area (Å²) in [5, 5.41) is 3.70. The maximum absolute atomic E-state index is 10.8. The van der Waals surface area contributed by atoms with E-state index < -0.39 is 11.8 Å². The van der Waals surface area contributed by atoms with Gasteiger partial charge in [-0.25, -0.2) is 5.43 Å². The summed E-state index contributed by atoms with van der Waals surface area (Å²) in [5.41, 5.74) is 8.13. The highest BCUT2D eigenvalue weighted by atomic mass is 16.2. The molecule has 3 N–H and O–H groups in total. The summed E-state index contributed by atoms with van der Waals surface area (Å²) in [7, 11) is 0. The minimum absolute atomic E-state index is 0.562. The number of hydrogen-bond donors (Lipinski definition) is 2. The fraction of sp³-hybridized carbons (Fsp3) is 0.111. The van der Waals surface area contributed by atoms with Crippen molar-refractivity contribution in [3.63, 3.8) is 0 Å². The van der Waals surface area contributed by atoms with Crippen LogP contribution in [0.15, 0.2) is 29.6 Å². The van der Waals surface area contributed by atoms with Crippen molar-refractivity contribution in [2.75, 3.05) is 0 Å². The lowest BCUT2D eigenvalue weighted by Gasteiger charge is -1.99. The molecule has 0 radical (unpaired) electrons. The predicted octanol–water partition coefficient (Wildman–Crippen LogP) is -0.593. The van der Waals surface area contributed by atoms with Gasteiger partial charge < -0.3 is 5.73 Å². The van der Waals surface area contributed by atoms with Crippen molar-refractivity contribution in [1.82, 2.24) is 10.4 Å². The molecule has 0 fully saturated rings. The highest BCUT2D eigenvalue weighted by Crippen LogP contribution is 1.97. The number of nitrogens with one attached hydrogen (secondary N) is 1. The number of rotatable bonds is 2. The third kappa shape index (κ3) is 3.18. The zero-order valence-electron chi connectivity index (χ0n) is 8.10. The van der Waals surface area contributed by atoms with E-state index in [2.05, 4.69) is 10.1 Å². The van der Waals surface area contributed by atoms with Gasteiger partial charge >= 0.3 is 11.8 Å². The second kappa shape index (κ2) is 4.85. The summed E-state index contributed by atoms with van der Waals surface area (Å²) in [6.07, 6.45) is 3.20. The number of carbonyl (C=O) groups is 2. The second-order valence-corrected chi connectivity index (χ2v) is 2.74. The van der Waals surface area contributed by atoms with Gasteiger partial charge in [0.15, 0.2) is 0 Å². The molecule has 0 atom stereocenters. The van der Waals surface area contributed by atoms with Gasteiger partial charge in [0, 0.05) is 18.0 Å². The number of nitrogens with zero attached hydrogens (tertiary/aromatic N) is 2. The average Bonchev–Trinajstić information content (AvgIpc) is 2.26. The van der Waals surface area contributed by atoms with Crippen LogP contribution in [0.4, 0.5) is 0 Å². The number of aromatic nitrogens is 1. The number of hydrazone groups is 1. The van der Waals surface area contributed by atoms with Gasteiger partial charge in [0.05, 0.1) is 5.71 Å². The predicted molar refractivity (Wildman–Crippen MR) is 53.8 cm³/mol. The van der Waals surface area contributed by atoms with Crippen molar-refractivity contribution in [2.45, 2.75) is 6.92 Å². The first-order valence-electron chi connectivity index (χ1n) is 4.15. The van der Waals surface area contributed by atoms with Gasteiger partial charge in [0.1, 0.15) is 0 Å². The van der Waals surface area contributed by atoms with E-state index in [1.165, 1.54) is 0 Å². The minimum atomic E-state index is -1.07. The Bertz CT molecular complexity index is 400. The maximum Gasteiger partial charge on any atom is 0.329 e. The molecule has 1 heterocycles. The van der Waals surface area contributed by atoms with Crippen LogP contribution >= 0.6 is 0 Å². The van der Waals surface area contributed by atoms with Crippen molar-refractivity contribution in [2.24, 2.45) is 10.8 Å². The Morgan fingerprint density at radius 3 is 2.53 bits per heavy atom. The van der Waals surface area contributed by atoms with Crippen molar-refractivity contribution in [3.8, 4) is 0 Å². The van der Waals surface area contributed by atoms with Gasteiger partial charge in [0.2, 0.25) is 0 Å². The van der Waals surface area contributed by atoms with Crippen LogP contribution in [-0.2, 0) is 9.59 Å². The first-order chi connectivity index (χ1) is 7.11. The molecule has 0 unspecified atom stereocenters. The van der Waals surface area contributed by atoms with Crippen LogP contribution in [0.5, 0.6) is 0 Å². The SMILES string of the molecule is C/C(=N\NC(=O)C(N)=O)c1ccncc1. The molecule has 1 aromatic rings. The van der Waals surface area contributed by atoms with Crippen molar-refractivity contribution < 1.29 is 9.59 Å². The first-order valence-corrected chi connectivity index (χ1v) is 4.15. The molecule has 2 amide bonds. The van der Waals surface area contributed by atoms with E-state index in [0.717, 1.165) is 5.56 Å². The Morgan fingerprint density at radius 2 is 2.00 bits per heavy atom. The van der Waals surface area contributed by atoms with Crippen LogP contribution in [0.3, 0.4) is 0 Å². The molecule has 0 aliphatic carbocycles. The third-order valence-electron chi connectivity index (χ3n) is 1.65. The molecule has 6 nitrogen and oxygen atoms in total. The van der Waals surface area contributed by atoms with E-state index in [0.29, 0.717) is 5.71 Å². The number of amides is 2. The van der Waals surface area contributed by atoms with Gasteiger partial charge in [-0.1, -0.05) is 0 Å². The molecule has 78 valence electrons. The molecule has 6 heteroatoms. The summed E-state index contributed by atoms with van der Waals surface area (Å²) in [6, 6.07) is 3.46. The number of hydrogen-bond acceptors (Lipinski definition) is 4. The molecule has 0 aromatic carbocycles. The number of nitrogens with two attached hydrogens (primary N) is 1. The van der Waals surface area contributed by atoms with Gasteiger partial charge in [0.25, 0.3) is 0 Å². The number of pyridine rings is 1. The average molecular weight is 206 g/mol. The summed E-state index contributed by atoms with van der Waals surface area (Å²) < 4.78 is 0. The molecule has 0 aliphatic heterocycles. The molecular weight excluding hydrogens is 196 g/mol. The second-order valence-electron chi connectivity index (χ2n) is 2.74. The molecule has 0 saturated heterocycles. The highest BCUT2D eigenvalue weighted by molar-refractivity contribution is 6.34. The molecule has 15 heavy (non-hydrogen) atoms. The Hall–Kier alpha value is -2.24. The van der Waals surface area contributed by atoms with E-state index in [-0.39, 0.29) is 0 Å². The summed E-state index contributed by atoms with van der Waals surface area (Å²) >= 11 is 0. The zero-order chi connectivity index (χ0) is 11.3. The monoisotopic (exact) mass is 206 g/mol. The van der Waals surface area contributed by atoms with Crippen LogP contribution in [0.1, 0.15) is 12.5 Å². The quantitative estimate of drug-likeness (QED) is 0.384. The lowest BCUT2D eigenvalue weighted by Crippen LogP contribution is -2.33. The van der Waals surface area contributed by atoms with Crippen LogP contribution in [0, 0.1) is 0 Å². The van der Waals surface area contributed by atoms with Gasteiger partial charge in [-0.05, 0) is 19.1 Å². The molecule has 0 saturated carbocycles. The number of primary amides is 1. The fourth-order valence-corrected chi connectivity index (χ4v) is 0.847. The Balaban J connectivity index is 2.69. The largest absolute Gasteiger partial charge is 0.361 e. The fourth-order valence-electron chi connectivity index (χ4n) is 0.847. The summed E-state index contributed by atoms with van der Waals surface area (Å²) in [4.78, 5) is 25.0. The van der Waals surface area contributed by atoms with Crippen LogP contribution < -0.4 is 11.2 Å². The van der Waals surface area contributed by atoms with Gasteiger partial charge in [-0.15, -0.1) is 0 Å². The molecule has 0 spiro atoms. The van der Waals surface area contributed by atoms with E-state index >= 15 is 0 Å². The Kier molecular flexibility index (Phi) is 3.50. The van der Waals surface area contributed by atoms with Crippen molar-refractivity contribution in [1.29, 1.82) is 0 Å². The maximum atomic E-state index is 10.8. The summed E-state index contributed by atoms with van der Waals surface area (Å²) in [6.45, 7) is 1.69. The van der Waals surface area contributed by atoms with Crippen LogP contribution in [0.25, 0.3) is 0 Å². The zero-order valence-corrected chi connectivity index (χ0v) is 8.10. The van der Waals surface area contributed by atoms with E-state index in [1.807, 2.05) is 5.43 Å². The van der Waals surface area contributed by atoms with Gasteiger partial charge in [-0.3, -0.25) is 14.6 Å². The molecule has 0 aliphatic rings. The number of carbonyl (C=O) groups excluding carboxylic acids is 2. The van der Waals surface area contributed by atoms with Crippen LogP contribution in [0.2, 0.25) is 0 Å². The van der Waals surface area contributed by atoms with Crippen molar-refractivity contribution in [3.05, 3.63) is 30.1 Å². The normalized spacial score (nSPS) is 10.9. The first kappa shape index (κ1) is 10.8. The standard InChI is InChI=1S/C9H10N4O2/c1-6(7-2-4-11-5-3-7)12-13-9(15)8(10)14/h2-5H,1H3,(H2,10,14)(H,13,15)/b12-6+. The van der Waals surface area contributed by atoms with E-state index in [1.54, 1.807) is 31.5 Å². The van der Waals surface area contributed by atoms with E-state index in [9.17, 15) is 9.59 Å². The summed E-state index contributed by atoms with van der Waals surface area (Å²) in [5.74, 6) is -2.01. The topological polar surface area (TPSA) is 97.4 Å². The molecule has 1 rings (SSSR count). The minimum Gasteiger partial charge on any atom is -0.361 e. The van der Waals surface area contributed by atoms with Gasteiger partial charge in [-0.2, -0.15) is 5.10 Å².